The third-order valence-corrected chi connectivity index (χ3v) is 3.95. The predicted molar refractivity (Wildman–Crippen MR) is 91.6 cm³/mol. The van der Waals surface area contributed by atoms with Gasteiger partial charge in [0.15, 0.2) is 6.10 Å². The van der Waals surface area contributed by atoms with Crippen LogP contribution in [0.2, 0.25) is 0 Å². The van der Waals surface area contributed by atoms with Crippen molar-refractivity contribution in [2.75, 3.05) is 6.54 Å². The van der Waals surface area contributed by atoms with Crippen LogP contribution in [0.25, 0.3) is 0 Å². The van der Waals surface area contributed by atoms with E-state index in [1.807, 2.05) is 18.2 Å². The van der Waals surface area contributed by atoms with Crippen LogP contribution in [0.3, 0.4) is 0 Å². The molecule has 0 spiro atoms. The third-order valence-electron chi connectivity index (χ3n) is 3.95. The Balaban J connectivity index is 0.00000242. The van der Waals surface area contributed by atoms with E-state index in [2.05, 4.69) is 25.2 Å². The van der Waals surface area contributed by atoms with Gasteiger partial charge < -0.3 is 15.8 Å². The predicted octanol–water partition coefficient (Wildman–Crippen LogP) is 2.85. The van der Waals surface area contributed by atoms with E-state index < -0.39 is 6.10 Å². The van der Waals surface area contributed by atoms with E-state index in [4.69, 9.17) is 10.5 Å². The second kappa shape index (κ2) is 8.39. The van der Waals surface area contributed by atoms with Gasteiger partial charge in [-0.05, 0) is 49.3 Å². The number of carbonyl (C=O) groups is 1. The molecular weight excluding hydrogens is 300 g/mol. The van der Waals surface area contributed by atoms with Gasteiger partial charge in [-0.3, -0.25) is 4.79 Å². The zero-order valence-electron chi connectivity index (χ0n) is 13.5. The Morgan fingerprint density at radius 1 is 1.36 bits per heavy atom. The summed E-state index contributed by atoms with van der Waals surface area (Å²) in [4.78, 5) is 12.0. The molecule has 0 radical (unpaired) electrons. The minimum atomic E-state index is -0.515. The van der Waals surface area contributed by atoms with E-state index >= 15 is 0 Å². The number of benzene rings is 1. The Kier molecular flexibility index (Phi) is 7.17. The van der Waals surface area contributed by atoms with Crippen LogP contribution in [0, 0.1) is 5.92 Å². The van der Waals surface area contributed by atoms with E-state index in [9.17, 15) is 4.79 Å². The Morgan fingerprint density at radius 2 is 2.05 bits per heavy atom. The van der Waals surface area contributed by atoms with Crippen molar-refractivity contribution in [1.29, 1.82) is 0 Å². The number of nitrogens with one attached hydrogen (secondary N) is 1. The first-order valence-electron chi connectivity index (χ1n) is 7.77. The SMILES string of the molecule is CC(Oc1cccc(C(C)C)c1)C(=O)NCC(N)C1CC1.Cl. The summed E-state index contributed by atoms with van der Waals surface area (Å²) in [7, 11) is 0. The summed E-state index contributed by atoms with van der Waals surface area (Å²) in [6, 6.07) is 7.97. The number of nitrogens with two attached hydrogens (primary N) is 1. The van der Waals surface area contributed by atoms with Crippen LogP contribution in [-0.2, 0) is 4.79 Å². The highest BCUT2D eigenvalue weighted by atomic mass is 35.5. The summed E-state index contributed by atoms with van der Waals surface area (Å²) in [5.74, 6) is 1.65. The first-order chi connectivity index (χ1) is 9.97. The Bertz CT molecular complexity index is 489. The summed E-state index contributed by atoms with van der Waals surface area (Å²) in [6.07, 6.45) is 1.86. The molecule has 1 saturated carbocycles. The van der Waals surface area contributed by atoms with Gasteiger partial charge in [0.25, 0.3) is 5.91 Å². The fourth-order valence-corrected chi connectivity index (χ4v) is 2.26. The molecule has 2 unspecified atom stereocenters. The maximum atomic E-state index is 12.0. The lowest BCUT2D eigenvalue weighted by molar-refractivity contribution is -0.127. The molecule has 0 saturated heterocycles. The van der Waals surface area contributed by atoms with E-state index in [-0.39, 0.29) is 24.4 Å². The molecule has 1 aliphatic rings. The average molecular weight is 327 g/mol. The van der Waals surface area contributed by atoms with E-state index in [1.54, 1.807) is 6.92 Å². The number of hydrogen-bond acceptors (Lipinski definition) is 3. The molecule has 0 aliphatic heterocycles. The summed E-state index contributed by atoms with van der Waals surface area (Å²) < 4.78 is 5.72. The van der Waals surface area contributed by atoms with Gasteiger partial charge in [0.05, 0.1) is 0 Å². The summed E-state index contributed by atoms with van der Waals surface area (Å²) >= 11 is 0. The topological polar surface area (TPSA) is 64.3 Å². The molecule has 1 fully saturated rings. The molecule has 0 heterocycles. The van der Waals surface area contributed by atoms with Crippen molar-refractivity contribution in [3.05, 3.63) is 29.8 Å². The zero-order valence-corrected chi connectivity index (χ0v) is 14.4. The van der Waals surface area contributed by atoms with Gasteiger partial charge in [-0.2, -0.15) is 0 Å². The van der Waals surface area contributed by atoms with Crippen LogP contribution in [0.15, 0.2) is 24.3 Å². The lowest BCUT2D eigenvalue weighted by Crippen LogP contribution is -2.43. The van der Waals surface area contributed by atoms with Crippen LogP contribution in [0.4, 0.5) is 0 Å². The van der Waals surface area contributed by atoms with Crippen LogP contribution in [0.5, 0.6) is 5.75 Å². The molecule has 1 aromatic rings. The largest absolute Gasteiger partial charge is 0.481 e. The summed E-state index contributed by atoms with van der Waals surface area (Å²) in [5.41, 5.74) is 7.18. The maximum Gasteiger partial charge on any atom is 0.260 e. The molecule has 2 rings (SSSR count). The lowest BCUT2D eigenvalue weighted by Gasteiger charge is -2.17. The van der Waals surface area contributed by atoms with Crippen LogP contribution in [0.1, 0.15) is 45.1 Å². The smallest absolute Gasteiger partial charge is 0.260 e. The Morgan fingerprint density at radius 3 is 2.64 bits per heavy atom. The van der Waals surface area contributed by atoms with Crippen molar-refractivity contribution in [3.63, 3.8) is 0 Å². The van der Waals surface area contributed by atoms with Crippen molar-refractivity contribution in [3.8, 4) is 5.75 Å². The molecule has 22 heavy (non-hydrogen) atoms. The molecular formula is C17H27ClN2O2. The second-order valence-electron chi connectivity index (χ2n) is 6.23. The third kappa shape index (κ3) is 5.50. The van der Waals surface area contributed by atoms with Crippen molar-refractivity contribution >= 4 is 18.3 Å². The van der Waals surface area contributed by atoms with Crippen LogP contribution in [-0.4, -0.2) is 24.6 Å². The summed E-state index contributed by atoms with van der Waals surface area (Å²) in [6.45, 7) is 6.56. The molecule has 0 bridgehead atoms. The van der Waals surface area contributed by atoms with Gasteiger partial charge in [0, 0.05) is 12.6 Å². The van der Waals surface area contributed by atoms with Crippen LogP contribution < -0.4 is 15.8 Å². The first-order valence-corrected chi connectivity index (χ1v) is 7.77. The fourth-order valence-electron chi connectivity index (χ4n) is 2.26. The van der Waals surface area contributed by atoms with E-state index in [1.165, 1.54) is 18.4 Å². The molecule has 1 aromatic carbocycles. The number of ether oxygens (including phenoxy) is 1. The fraction of sp³-hybridized carbons (Fsp3) is 0.588. The highest BCUT2D eigenvalue weighted by Crippen LogP contribution is 2.31. The quantitative estimate of drug-likeness (QED) is 0.809. The summed E-state index contributed by atoms with van der Waals surface area (Å²) in [5, 5.41) is 2.87. The molecule has 3 N–H and O–H groups in total. The van der Waals surface area contributed by atoms with E-state index in [0.717, 1.165) is 5.75 Å². The molecule has 5 heteroatoms. The number of rotatable bonds is 7. The van der Waals surface area contributed by atoms with Gasteiger partial charge in [0.1, 0.15) is 5.75 Å². The van der Waals surface area contributed by atoms with Crippen molar-refractivity contribution in [1.82, 2.24) is 5.32 Å². The highest BCUT2D eigenvalue weighted by Gasteiger charge is 2.29. The Labute approximate surface area is 139 Å². The van der Waals surface area contributed by atoms with E-state index in [0.29, 0.717) is 18.4 Å². The highest BCUT2D eigenvalue weighted by molar-refractivity contribution is 5.85. The number of amides is 1. The number of hydrogen-bond donors (Lipinski definition) is 2. The Hall–Kier alpha value is -1.26. The molecule has 1 amide bonds. The van der Waals surface area contributed by atoms with Crippen molar-refractivity contribution < 1.29 is 9.53 Å². The minimum Gasteiger partial charge on any atom is -0.481 e. The maximum absolute atomic E-state index is 12.0. The monoisotopic (exact) mass is 326 g/mol. The molecule has 1 aliphatic carbocycles. The van der Waals surface area contributed by atoms with Gasteiger partial charge >= 0.3 is 0 Å². The van der Waals surface area contributed by atoms with Gasteiger partial charge in [-0.1, -0.05) is 26.0 Å². The average Bonchev–Trinajstić information content (AvgIpc) is 3.29. The van der Waals surface area contributed by atoms with Gasteiger partial charge in [0.2, 0.25) is 0 Å². The number of halogens is 1. The molecule has 2 atom stereocenters. The number of carbonyl (C=O) groups excluding carboxylic acids is 1. The lowest BCUT2D eigenvalue weighted by atomic mass is 10.0. The standard InChI is InChI=1S/C17H26N2O2.ClH/c1-11(2)14-5-4-6-15(9-14)21-12(3)17(20)19-10-16(18)13-7-8-13;/h4-6,9,11-13,16H,7-8,10,18H2,1-3H3,(H,19,20);1H. The van der Waals surface area contributed by atoms with Crippen molar-refractivity contribution in [2.24, 2.45) is 11.7 Å². The van der Waals surface area contributed by atoms with Gasteiger partial charge in [-0.15, -0.1) is 12.4 Å². The second-order valence-corrected chi connectivity index (χ2v) is 6.23. The molecule has 0 aromatic heterocycles. The zero-order chi connectivity index (χ0) is 15.4. The van der Waals surface area contributed by atoms with Crippen LogP contribution >= 0.6 is 12.4 Å². The minimum absolute atomic E-state index is 0. The van der Waals surface area contributed by atoms with Gasteiger partial charge in [-0.25, -0.2) is 0 Å². The first kappa shape index (κ1) is 18.8. The molecule has 4 nitrogen and oxygen atoms in total. The van der Waals surface area contributed by atoms with Crippen molar-refractivity contribution in [2.45, 2.75) is 51.7 Å². The molecule has 124 valence electrons. The normalized spacial score (nSPS) is 16.6.